The molecule has 1 aromatic carbocycles. The minimum Gasteiger partial charge on any atom is -0.508 e. The van der Waals surface area contributed by atoms with Crippen molar-refractivity contribution in [1.82, 2.24) is 5.32 Å². The zero-order valence-electron chi connectivity index (χ0n) is 8.99. The molecular weight excluding hydrogens is 206 g/mol. The van der Waals surface area contributed by atoms with Gasteiger partial charge in [-0.25, -0.2) is 0 Å². The molecule has 3 heteroatoms. The number of hydrogen-bond acceptors (Lipinski definition) is 3. The van der Waals surface area contributed by atoms with E-state index in [2.05, 4.69) is 11.6 Å². The molecule has 2 nitrogen and oxygen atoms in total. The zero-order valence-corrected chi connectivity index (χ0v) is 9.81. The van der Waals surface area contributed by atoms with E-state index in [-0.39, 0.29) is 0 Å². The van der Waals surface area contributed by atoms with E-state index >= 15 is 0 Å². The summed E-state index contributed by atoms with van der Waals surface area (Å²) in [4.78, 5) is 0. The molecule has 0 unspecified atom stereocenters. The summed E-state index contributed by atoms with van der Waals surface area (Å²) >= 11 is 1.96. The molecule has 82 valence electrons. The Kier molecular flexibility index (Phi) is 3.22. The van der Waals surface area contributed by atoms with E-state index in [1.54, 1.807) is 6.07 Å². The van der Waals surface area contributed by atoms with E-state index in [4.69, 9.17) is 0 Å². The molecular formula is C12H17NOS. The Morgan fingerprint density at radius 2 is 2.27 bits per heavy atom. The molecule has 0 radical (unpaired) electrons. The van der Waals surface area contributed by atoms with Crippen LogP contribution in [0.2, 0.25) is 0 Å². The molecule has 0 aliphatic heterocycles. The molecule has 2 rings (SSSR count). The van der Waals surface area contributed by atoms with Crippen molar-refractivity contribution in [2.75, 3.05) is 12.8 Å². The molecule has 0 aromatic heterocycles. The van der Waals surface area contributed by atoms with Crippen molar-refractivity contribution < 1.29 is 5.11 Å². The molecule has 0 spiro atoms. The van der Waals surface area contributed by atoms with Gasteiger partial charge in [-0.3, -0.25) is 0 Å². The monoisotopic (exact) mass is 223 g/mol. The van der Waals surface area contributed by atoms with Crippen molar-refractivity contribution >= 4 is 11.8 Å². The fourth-order valence-electron chi connectivity index (χ4n) is 1.69. The third-order valence-electron chi connectivity index (χ3n) is 2.93. The number of phenolic OH excluding ortho intramolecular Hbond substituents is 1. The molecule has 2 N–H and O–H groups in total. The first-order chi connectivity index (χ1) is 7.24. The maximum atomic E-state index is 9.30. The van der Waals surface area contributed by atoms with Crippen LogP contribution in [0.15, 0.2) is 24.3 Å². The summed E-state index contributed by atoms with van der Waals surface area (Å²) in [5.74, 6) is 0.348. The third kappa shape index (κ3) is 2.89. The number of benzene rings is 1. The second kappa shape index (κ2) is 4.45. The summed E-state index contributed by atoms with van der Waals surface area (Å²) in [6.07, 6.45) is 4.85. The van der Waals surface area contributed by atoms with Gasteiger partial charge in [0.2, 0.25) is 0 Å². The average Bonchev–Trinajstić information content (AvgIpc) is 2.99. The highest BCUT2D eigenvalue weighted by molar-refractivity contribution is 8.00. The molecule has 0 atom stereocenters. The third-order valence-corrected chi connectivity index (χ3v) is 4.35. The van der Waals surface area contributed by atoms with Crippen LogP contribution in [0.4, 0.5) is 0 Å². The van der Waals surface area contributed by atoms with Gasteiger partial charge in [0.05, 0.1) is 0 Å². The Bertz CT molecular complexity index is 336. The second-order valence-electron chi connectivity index (χ2n) is 4.16. The lowest BCUT2D eigenvalue weighted by Gasteiger charge is -2.12. The summed E-state index contributed by atoms with van der Waals surface area (Å²) in [6, 6.07) is 7.43. The van der Waals surface area contributed by atoms with Gasteiger partial charge in [-0.15, -0.1) is 0 Å². The number of nitrogens with one attached hydrogen (secondary N) is 1. The SMILES string of the molecule is CSC1(CNCc2cccc(O)c2)CC1. The molecule has 1 aliphatic carbocycles. The first-order valence-corrected chi connectivity index (χ1v) is 6.50. The van der Waals surface area contributed by atoms with E-state index in [9.17, 15) is 5.11 Å². The fraction of sp³-hybridized carbons (Fsp3) is 0.500. The van der Waals surface area contributed by atoms with Crippen LogP contribution in [-0.4, -0.2) is 22.7 Å². The molecule has 1 aromatic rings. The van der Waals surface area contributed by atoms with Crippen LogP contribution >= 0.6 is 11.8 Å². The smallest absolute Gasteiger partial charge is 0.115 e. The highest BCUT2D eigenvalue weighted by Crippen LogP contribution is 2.46. The van der Waals surface area contributed by atoms with E-state index in [0.717, 1.165) is 18.7 Å². The maximum absolute atomic E-state index is 9.30. The van der Waals surface area contributed by atoms with Crippen LogP contribution in [0.5, 0.6) is 5.75 Å². The molecule has 1 fully saturated rings. The van der Waals surface area contributed by atoms with Crippen molar-refractivity contribution in [1.29, 1.82) is 0 Å². The molecule has 0 saturated heterocycles. The van der Waals surface area contributed by atoms with Gasteiger partial charge < -0.3 is 10.4 Å². The molecule has 1 saturated carbocycles. The van der Waals surface area contributed by atoms with Gasteiger partial charge >= 0.3 is 0 Å². The van der Waals surface area contributed by atoms with Crippen molar-refractivity contribution in [3.63, 3.8) is 0 Å². The van der Waals surface area contributed by atoms with E-state index in [1.807, 2.05) is 30.0 Å². The number of aromatic hydroxyl groups is 1. The van der Waals surface area contributed by atoms with Crippen molar-refractivity contribution in [2.45, 2.75) is 24.1 Å². The van der Waals surface area contributed by atoms with E-state index in [1.165, 1.54) is 12.8 Å². The van der Waals surface area contributed by atoms with Crippen LogP contribution in [0.25, 0.3) is 0 Å². The molecule has 0 heterocycles. The minimum atomic E-state index is 0.348. The molecule has 0 amide bonds. The van der Waals surface area contributed by atoms with E-state index < -0.39 is 0 Å². The zero-order chi connectivity index (χ0) is 10.7. The second-order valence-corrected chi connectivity index (χ2v) is 5.43. The topological polar surface area (TPSA) is 32.3 Å². The summed E-state index contributed by atoms with van der Waals surface area (Å²) in [5.41, 5.74) is 1.15. The van der Waals surface area contributed by atoms with Gasteiger partial charge in [-0.05, 0) is 36.8 Å². The van der Waals surface area contributed by atoms with Crippen LogP contribution < -0.4 is 5.32 Å². The van der Waals surface area contributed by atoms with Crippen molar-refractivity contribution in [3.05, 3.63) is 29.8 Å². The fourth-order valence-corrected chi connectivity index (χ4v) is 2.45. The van der Waals surface area contributed by atoms with E-state index in [0.29, 0.717) is 10.5 Å². The Morgan fingerprint density at radius 1 is 1.47 bits per heavy atom. The first-order valence-electron chi connectivity index (χ1n) is 5.28. The van der Waals surface area contributed by atoms with Crippen LogP contribution in [0.3, 0.4) is 0 Å². The number of hydrogen-bond donors (Lipinski definition) is 2. The lowest BCUT2D eigenvalue weighted by Crippen LogP contribution is -2.25. The van der Waals surface area contributed by atoms with Gasteiger partial charge in [-0.2, -0.15) is 11.8 Å². The van der Waals surface area contributed by atoms with Crippen LogP contribution in [0.1, 0.15) is 18.4 Å². The summed E-state index contributed by atoms with van der Waals surface area (Å²) in [5, 5.41) is 12.7. The largest absolute Gasteiger partial charge is 0.508 e. The maximum Gasteiger partial charge on any atom is 0.115 e. The quantitative estimate of drug-likeness (QED) is 0.804. The Labute approximate surface area is 95.1 Å². The Balaban J connectivity index is 1.78. The van der Waals surface area contributed by atoms with Crippen LogP contribution in [0, 0.1) is 0 Å². The van der Waals surface area contributed by atoms with Gasteiger partial charge in [0.1, 0.15) is 5.75 Å². The predicted octanol–water partition coefficient (Wildman–Crippen LogP) is 2.38. The van der Waals surface area contributed by atoms with Gasteiger partial charge in [0, 0.05) is 17.8 Å². The Hall–Kier alpha value is -0.670. The highest BCUT2D eigenvalue weighted by atomic mass is 32.2. The number of thioether (sulfide) groups is 1. The van der Waals surface area contributed by atoms with Crippen LogP contribution in [-0.2, 0) is 6.54 Å². The lowest BCUT2D eigenvalue weighted by molar-refractivity contribution is 0.474. The summed E-state index contributed by atoms with van der Waals surface area (Å²) < 4.78 is 0.511. The predicted molar refractivity (Wildman–Crippen MR) is 65.3 cm³/mol. The van der Waals surface area contributed by atoms with Gasteiger partial charge in [0.15, 0.2) is 0 Å². The number of phenols is 1. The van der Waals surface area contributed by atoms with Crippen molar-refractivity contribution in [3.8, 4) is 5.75 Å². The standard InChI is InChI=1S/C12H17NOS/c1-15-12(5-6-12)9-13-8-10-3-2-4-11(14)7-10/h2-4,7,13-14H,5-6,8-9H2,1H3. The first kappa shape index (κ1) is 10.8. The summed E-state index contributed by atoms with van der Waals surface area (Å²) in [7, 11) is 0. The minimum absolute atomic E-state index is 0.348. The van der Waals surface area contributed by atoms with Gasteiger partial charge in [-0.1, -0.05) is 12.1 Å². The normalized spacial score (nSPS) is 17.7. The van der Waals surface area contributed by atoms with Gasteiger partial charge in [0.25, 0.3) is 0 Å². The average molecular weight is 223 g/mol. The Morgan fingerprint density at radius 3 is 2.87 bits per heavy atom. The molecule has 15 heavy (non-hydrogen) atoms. The molecule has 1 aliphatic rings. The summed E-state index contributed by atoms with van der Waals surface area (Å²) in [6.45, 7) is 1.92. The van der Waals surface area contributed by atoms with Crippen molar-refractivity contribution in [2.24, 2.45) is 0 Å². The highest BCUT2D eigenvalue weighted by Gasteiger charge is 2.41. The number of rotatable bonds is 5. The molecule has 0 bridgehead atoms. The lowest BCUT2D eigenvalue weighted by atomic mass is 10.2.